The molecule has 3 nitrogen and oxygen atoms in total. The highest BCUT2D eigenvalue weighted by atomic mass is 79.9. The zero-order valence-electron chi connectivity index (χ0n) is 17.6. The maximum atomic E-state index is 12.8. The average molecular weight is 606 g/mol. The van der Waals surface area contributed by atoms with Crippen molar-refractivity contribution >= 4 is 43.5 Å². The number of pyridine rings is 1. The molecule has 0 fully saturated rings. The van der Waals surface area contributed by atoms with E-state index in [-0.39, 0.29) is 16.3 Å². The third-order valence-corrected chi connectivity index (χ3v) is 5.91. The molecule has 0 aliphatic rings. The molecular weight excluding hydrogens is 587 g/mol. The highest BCUT2D eigenvalue weighted by Crippen LogP contribution is 2.36. The lowest BCUT2D eigenvalue weighted by Gasteiger charge is -2.26. The number of aromatic nitrogens is 1. The van der Waals surface area contributed by atoms with Crippen LogP contribution >= 0.6 is 43.5 Å². The van der Waals surface area contributed by atoms with E-state index in [0.717, 1.165) is 26.3 Å². The Morgan fingerprint density at radius 3 is 1.97 bits per heavy atom. The number of ether oxygens (including phenoxy) is 2. The average Bonchev–Trinajstić information content (AvgIpc) is 2.75. The molecular formula is C24H19Br2ClF3NO2. The summed E-state index contributed by atoms with van der Waals surface area (Å²) in [5, 5.41) is -0.212. The summed E-state index contributed by atoms with van der Waals surface area (Å²) in [4.78, 5) is 3.70. The van der Waals surface area contributed by atoms with Crippen molar-refractivity contribution in [2.75, 3.05) is 6.61 Å². The number of hydrogen-bond donors (Lipinski definition) is 0. The summed E-state index contributed by atoms with van der Waals surface area (Å²) < 4.78 is 50.4. The Labute approximate surface area is 211 Å². The van der Waals surface area contributed by atoms with E-state index in [0.29, 0.717) is 18.6 Å². The molecule has 0 spiro atoms. The maximum Gasteiger partial charge on any atom is 0.417 e. The number of benzene rings is 2. The molecule has 0 amide bonds. The first-order valence-electron chi connectivity index (χ1n) is 9.72. The lowest BCUT2D eigenvalue weighted by atomic mass is 9.78. The van der Waals surface area contributed by atoms with Crippen LogP contribution < -0.4 is 9.47 Å². The Balaban J connectivity index is 1.72. The fraction of sp³-hybridized carbons (Fsp3) is 0.208. The Kier molecular flexibility index (Phi) is 8.13. The number of hydrogen-bond acceptors (Lipinski definition) is 3. The van der Waals surface area contributed by atoms with Gasteiger partial charge in [0.25, 0.3) is 0 Å². The molecule has 0 saturated heterocycles. The lowest BCUT2D eigenvalue weighted by molar-refractivity contribution is -0.137. The van der Waals surface area contributed by atoms with Crippen LogP contribution in [0.2, 0.25) is 5.02 Å². The Morgan fingerprint density at radius 1 is 0.939 bits per heavy atom. The van der Waals surface area contributed by atoms with Crippen LogP contribution in [0, 0.1) is 0 Å². The van der Waals surface area contributed by atoms with Gasteiger partial charge in [0, 0.05) is 11.6 Å². The molecule has 9 heteroatoms. The first-order chi connectivity index (χ1) is 15.5. The fourth-order valence-electron chi connectivity index (χ4n) is 3.04. The van der Waals surface area contributed by atoms with Crippen LogP contribution in [0.3, 0.4) is 0 Å². The molecule has 0 radical (unpaired) electrons. The predicted molar refractivity (Wildman–Crippen MR) is 131 cm³/mol. The minimum Gasteiger partial charge on any atom is -0.489 e. The molecule has 0 aliphatic carbocycles. The Morgan fingerprint density at radius 2 is 1.48 bits per heavy atom. The second-order valence-corrected chi connectivity index (χ2v) is 10.8. The van der Waals surface area contributed by atoms with E-state index in [1.165, 1.54) is 0 Å². The summed E-state index contributed by atoms with van der Waals surface area (Å²) in [6.07, 6.45) is -1.97. The molecule has 174 valence electrons. The van der Waals surface area contributed by atoms with Gasteiger partial charge in [0.15, 0.2) is 0 Å². The monoisotopic (exact) mass is 603 g/mol. The van der Waals surface area contributed by atoms with Gasteiger partial charge in [0.2, 0.25) is 5.88 Å². The smallest absolute Gasteiger partial charge is 0.417 e. The highest BCUT2D eigenvalue weighted by molar-refractivity contribution is 9.28. The first kappa shape index (κ1) is 25.6. The van der Waals surface area contributed by atoms with Gasteiger partial charge < -0.3 is 9.47 Å². The summed E-state index contributed by atoms with van der Waals surface area (Å²) in [5.74, 6) is 1.09. The molecule has 0 N–H and O–H groups in total. The van der Waals surface area contributed by atoms with Crippen molar-refractivity contribution in [3.8, 4) is 17.4 Å². The minimum atomic E-state index is -4.52. The quantitative estimate of drug-likeness (QED) is 0.270. The van der Waals surface area contributed by atoms with Gasteiger partial charge in [-0.25, -0.2) is 4.98 Å². The van der Waals surface area contributed by atoms with Crippen molar-refractivity contribution in [1.82, 2.24) is 4.98 Å². The molecule has 1 heterocycles. The topological polar surface area (TPSA) is 31.4 Å². The summed E-state index contributed by atoms with van der Waals surface area (Å²) in [5.41, 5.74) is 0.884. The Bertz CT molecular complexity index is 1130. The van der Waals surface area contributed by atoms with E-state index in [2.05, 4.69) is 50.7 Å². The van der Waals surface area contributed by atoms with Gasteiger partial charge in [-0.2, -0.15) is 13.2 Å². The summed E-state index contributed by atoms with van der Waals surface area (Å²) >= 11 is 12.5. The van der Waals surface area contributed by atoms with E-state index in [9.17, 15) is 13.2 Å². The van der Waals surface area contributed by atoms with Gasteiger partial charge >= 0.3 is 6.18 Å². The molecule has 0 unspecified atom stereocenters. The van der Waals surface area contributed by atoms with Crippen molar-refractivity contribution in [3.05, 3.63) is 92.0 Å². The summed E-state index contributed by atoms with van der Waals surface area (Å²) in [7, 11) is 0. The van der Waals surface area contributed by atoms with Gasteiger partial charge in [-0.1, -0.05) is 49.7 Å². The van der Waals surface area contributed by atoms with Gasteiger partial charge in [-0.3, -0.25) is 0 Å². The van der Waals surface area contributed by atoms with Crippen LogP contribution in [-0.2, 0) is 11.6 Å². The van der Waals surface area contributed by atoms with Gasteiger partial charge in [-0.05, 0) is 79.4 Å². The van der Waals surface area contributed by atoms with Crippen molar-refractivity contribution in [3.63, 3.8) is 0 Å². The number of halogens is 6. The number of alkyl halides is 3. The largest absolute Gasteiger partial charge is 0.489 e. The van der Waals surface area contributed by atoms with E-state index in [4.69, 9.17) is 21.1 Å². The zero-order valence-corrected chi connectivity index (χ0v) is 21.5. The minimum absolute atomic E-state index is 0.0888. The van der Waals surface area contributed by atoms with Gasteiger partial charge in [-0.15, -0.1) is 0 Å². The molecule has 3 rings (SSSR count). The van der Waals surface area contributed by atoms with E-state index in [1.807, 2.05) is 42.5 Å². The number of rotatable bonds is 7. The van der Waals surface area contributed by atoms with Crippen molar-refractivity contribution in [2.45, 2.75) is 25.4 Å². The van der Waals surface area contributed by atoms with Crippen LogP contribution in [0.4, 0.5) is 13.2 Å². The SMILES string of the molecule is CC(C)(c1ccc(OCC=C(Br)Br)cc1)c1ccc(Oc2ncc(C(F)(F)F)cc2Cl)cc1. The van der Waals surface area contributed by atoms with E-state index in [1.54, 1.807) is 12.1 Å². The van der Waals surface area contributed by atoms with Crippen LogP contribution in [0.1, 0.15) is 30.5 Å². The third-order valence-electron chi connectivity index (χ3n) is 4.99. The molecule has 0 saturated carbocycles. The Hall–Kier alpha value is -2.03. The maximum absolute atomic E-state index is 12.8. The molecule has 33 heavy (non-hydrogen) atoms. The van der Waals surface area contributed by atoms with Crippen molar-refractivity contribution in [2.24, 2.45) is 0 Å². The standard InChI is InChI=1S/C24H19Br2ClF3NO2/c1-23(2,15-3-7-18(8-4-15)32-12-11-21(25)26)16-5-9-19(10-6-16)33-22-20(27)13-17(14-31-22)24(28,29)30/h3-11,13-14H,12H2,1-2H3. The van der Waals surface area contributed by atoms with Crippen molar-refractivity contribution < 1.29 is 22.6 Å². The molecule has 0 atom stereocenters. The van der Waals surface area contributed by atoms with Crippen LogP contribution in [0.25, 0.3) is 0 Å². The third kappa shape index (κ3) is 6.74. The van der Waals surface area contributed by atoms with Crippen LogP contribution in [-0.4, -0.2) is 11.6 Å². The molecule has 2 aromatic carbocycles. The van der Waals surface area contributed by atoms with Gasteiger partial charge in [0.1, 0.15) is 23.1 Å². The highest BCUT2D eigenvalue weighted by Gasteiger charge is 2.32. The number of nitrogens with zero attached hydrogens (tertiary/aromatic N) is 1. The fourth-order valence-corrected chi connectivity index (χ4v) is 3.51. The normalized spacial score (nSPS) is 11.8. The summed E-state index contributed by atoms with van der Waals surface area (Å²) in [6, 6.07) is 15.9. The first-order valence-corrected chi connectivity index (χ1v) is 11.7. The zero-order chi connectivity index (χ0) is 24.2. The lowest BCUT2D eigenvalue weighted by Crippen LogP contribution is -2.18. The molecule has 0 bridgehead atoms. The second-order valence-electron chi connectivity index (χ2n) is 7.59. The van der Waals surface area contributed by atoms with Crippen molar-refractivity contribution in [1.29, 1.82) is 0 Å². The molecule has 3 aromatic rings. The summed E-state index contributed by atoms with van der Waals surface area (Å²) in [6.45, 7) is 4.63. The van der Waals surface area contributed by atoms with Gasteiger partial charge in [0.05, 0.1) is 8.96 Å². The molecule has 1 aromatic heterocycles. The molecule has 0 aliphatic heterocycles. The van der Waals surface area contributed by atoms with E-state index < -0.39 is 11.7 Å². The van der Waals surface area contributed by atoms with E-state index >= 15 is 0 Å². The van der Waals surface area contributed by atoms with Crippen LogP contribution in [0.5, 0.6) is 17.4 Å². The predicted octanol–water partition coefficient (Wildman–Crippen LogP) is 8.88. The second kappa shape index (κ2) is 10.5. The van der Waals surface area contributed by atoms with Crippen LogP contribution in [0.15, 0.2) is 70.3 Å².